The molecule has 6 heteroatoms. The Bertz CT molecular complexity index is 568. The molecular formula is C14H16ClN3OS. The zero-order valence-corrected chi connectivity index (χ0v) is 12.7. The van der Waals surface area contributed by atoms with Gasteiger partial charge in [-0.3, -0.25) is 9.89 Å². The van der Waals surface area contributed by atoms with Crippen LogP contribution in [-0.2, 0) is 17.0 Å². The van der Waals surface area contributed by atoms with Crippen molar-refractivity contribution in [2.75, 3.05) is 11.1 Å². The molecule has 106 valence electrons. The van der Waals surface area contributed by atoms with Crippen LogP contribution in [0, 0.1) is 0 Å². The molecule has 0 spiro atoms. The maximum Gasteiger partial charge on any atom is 0.235 e. The number of aromatic amines is 1. The van der Waals surface area contributed by atoms with Crippen LogP contribution in [0.1, 0.15) is 18.1 Å². The van der Waals surface area contributed by atoms with E-state index in [4.69, 9.17) is 11.6 Å². The monoisotopic (exact) mass is 309 g/mol. The van der Waals surface area contributed by atoms with E-state index in [0.29, 0.717) is 11.6 Å². The highest BCUT2D eigenvalue weighted by molar-refractivity contribution is 7.99. The van der Waals surface area contributed by atoms with E-state index in [0.717, 1.165) is 28.3 Å². The molecule has 1 heterocycles. The molecule has 0 radical (unpaired) electrons. The number of hydrogen-bond donors (Lipinski definition) is 2. The van der Waals surface area contributed by atoms with Gasteiger partial charge in [0.15, 0.2) is 0 Å². The fourth-order valence-corrected chi connectivity index (χ4v) is 2.62. The Morgan fingerprint density at radius 2 is 2.15 bits per heavy atom. The summed E-state index contributed by atoms with van der Waals surface area (Å²) in [6.45, 7) is 2.02. The third-order valence-electron chi connectivity index (χ3n) is 2.78. The minimum Gasteiger partial charge on any atom is -0.310 e. The van der Waals surface area contributed by atoms with E-state index in [1.54, 1.807) is 18.0 Å². The summed E-state index contributed by atoms with van der Waals surface area (Å²) in [6, 6.07) is 7.65. The maximum atomic E-state index is 11.8. The van der Waals surface area contributed by atoms with Crippen molar-refractivity contribution in [2.24, 2.45) is 0 Å². The Kier molecular flexibility index (Phi) is 5.49. The number of carbonyl (C=O) groups excluding carboxylic acids is 1. The van der Waals surface area contributed by atoms with Gasteiger partial charge in [-0.15, -0.1) is 11.8 Å². The van der Waals surface area contributed by atoms with E-state index in [-0.39, 0.29) is 5.91 Å². The fraction of sp³-hybridized carbons (Fsp3) is 0.286. The average Bonchev–Trinajstić information content (AvgIpc) is 2.88. The average molecular weight is 310 g/mol. The van der Waals surface area contributed by atoms with Gasteiger partial charge in [-0.25, -0.2) is 0 Å². The number of amides is 1. The van der Waals surface area contributed by atoms with Crippen LogP contribution in [0.4, 0.5) is 5.82 Å². The predicted molar refractivity (Wildman–Crippen MR) is 84.2 cm³/mol. The molecule has 2 N–H and O–H groups in total. The van der Waals surface area contributed by atoms with Gasteiger partial charge in [0.25, 0.3) is 0 Å². The minimum absolute atomic E-state index is 0.0251. The van der Waals surface area contributed by atoms with Crippen LogP contribution in [-0.4, -0.2) is 21.9 Å². The molecule has 0 aliphatic rings. The highest BCUT2D eigenvalue weighted by atomic mass is 35.5. The number of benzene rings is 1. The molecule has 4 nitrogen and oxygen atoms in total. The Hall–Kier alpha value is -1.46. The van der Waals surface area contributed by atoms with Crippen LogP contribution >= 0.6 is 23.4 Å². The number of nitrogens with zero attached hydrogens (tertiary/aromatic N) is 1. The maximum absolute atomic E-state index is 11.8. The lowest BCUT2D eigenvalue weighted by atomic mass is 10.2. The first-order chi connectivity index (χ1) is 9.69. The topological polar surface area (TPSA) is 57.8 Å². The molecule has 0 fully saturated rings. The van der Waals surface area contributed by atoms with Crippen molar-refractivity contribution in [2.45, 2.75) is 19.1 Å². The number of nitrogens with one attached hydrogen (secondary N) is 2. The first-order valence-corrected chi connectivity index (χ1v) is 7.86. The molecule has 2 rings (SSSR count). The lowest BCUT2D eigenvalue weighted by Crippen LogP contribution is -2.15. The Balaban J connectivity index is 1.76. The van der Waals surface area contributed by atoms with Crippen molar-refractivity contribution < 1.29 is 4.79 Å². The Morgan fingerprint density at radius 1 is 1.40 bits per heavy atom. The van der Waals surface area contributed by atoms with Gasteiger partial charge >= 0.3 is 0 Å². The number of anilines is 1. The molecule has 0 aliphatic carbocycles. The standard InChI is InChI=1S/C14H16ClN3OS/c1-2-11-7-16-18-14(11)17-13(19)9-20-8-10-3-5-12(15)6-4-10/h3-7H,2,8-9H2,1H3,(H2,16,17,18,19). The lowest BCUT2D eigenvalue weighted by molar-refractivity contribution is -0.113. The van der Waals surface area contributed by atoms with Gasteiger partial charge < -0.3 is 5.32 Å². The summed E-state index contributed by atoms with van der Waals surface area (Å²) in [5, 5.41) is 10.3. The number of hydrogen-bond acceptors (Lipinski definition) is 3. The third kappa shape index (κ3) is 4.28. The molecule has 1 aromatic heterocycles. The molecule has 2 aromatic rings. The van der Waals surface area contributed by atoms with Crippen molar-refractivity contribution in [3.05, 3.63) is 46.6 Å². The summed E-state index contributed by atoms with van der Waals surface area (Å²) >= 11 is 7.39. The van der Waals surface area contributed by atoms with Gasteiger partial charge in [-0.1, -0.05) is 30.7 Å². The van der Waals surface area contributed by atoms with Crippen molar-refractivity contribution in [3.63, 3.8) is 0 Å². The molecule has 0 aliphatic heterocycles. The van der Waals surface area contributed by atoms with Gasteiger partial charge in [-0.2, -0.15) is 5.10 Å². The molecule has 0 saturated carbocycles. The van der Waals surface area contributed by atoms with E-state index in [1.807, 2.05) is 31.2 Å². The van der Waals surface area contributed by atoms with Crippen LogP contribution in [0.25, 0.3) is 0 Å². The summed E-state index contributed by atoms with van der Waals surface area (Å²) in [5.41, 5.74) is 2.17. The van der Waals surface area contributed by atoms with Crippen molar-refractivity contribution in [1.29, 1.82) is 0 Å². The SMILES string of the molecule is CCc1cn[nH]c1NC(=O)CSCc1ccc(Cl)cc1. The minimum atomic E-state index is -0.0251. The zero-order chi connectivity index (χ0) is 14.4. The summed E-state index contributed by atoms with van der Waals surface area (Å²) in [4.78, 5) is 11.8. The van der Waals surface area contributed by atoms with E-state index in [9.17, 15) is 4.79 Å². The number of thioether (sulfide) groups is 1. The van der Waals surface area contributed by atoms with Crippen LogP contribution in [0.3, 0.4) is 0 Å². The number of H-pyrrole nitrogens is 1. The van der Waals surface area contributed by atoms with E-state index in [2.05, 4.69) is 15.5 Å². The Morgan fingerprint density at radius 3 is 2.85 bits per heavy atom. The summed E-state index contributed by atoms with van der Waals surface area (Å²) < 4.78 is 0. The first kappa shape index (κ1) is 14.9. The molecule has 0 atom stereocenters. The molecular weight excluding hydrogens is 294 g/mol. The van der Waals surface area contributed by atoms with Crippen LogP contribution in [0.2, 0.25) is 5.02 Å². The number of rotatable bonds is 6. The predicted octanol–water partition coefficient (Wildman–Crippen LogP) is 3.50. The van der Waals surface area contributed by atoms with Crippen LogP contribution < -0.4 is 5.32 Å². The van der Waals surface area contributed by atoms with Crippen molar-refractivity contribution >= 4 is 35.1 Å². The summed E-state index contributed by atoms with van der Waals surface area (Å²) in [5.74, 6) is 1.87. The van der Waals surface area contributed by atoms with Gasteiger partial charge in [-0.05, 0) is 24.1 Å². The van der Waals surface area contributed by atoms with Crippen molar-refractivity contribution in [3.8, 4) is 0 Å². The quantitative estimate of drug-likeness (QED) is 0.858. The Labute approximate surface area is 127 Å². The highest BCUT2D eigenvalue weighted by Crippen LogP contribution is 2.16. The van der Waals surface area contributed by atoms with Gasteiger partial charge in [0.1, 0.15) is 5.82 Å². The number of aromatic nitrogens is 2. The van der Waals surface area contributed by atoms with Crippen molar-refractivity contribution in [1.82, 2.24) is 10.2 Å². The third-order valence-corrected chi connectivity index (χ3v) is 4.03. The van der Waals surface area contributed by atoms with Gasteiger partial charge in [0.2, 0.25) is 5.91 Å². The van der Waals surface area contributed by atoms with Gasteiger partial charge in [0, 0.05) is 16.3 Å². The zero-order valence-electron chi connectivity index (χ0n) is 11.1. The molecule has 1 amide bonds. The van der Waals surface area contributed by atoms with E-state index < -0.39 is 0 Å². The summed E-state index contributed by atoms with van der Waals surface area (Å²) in [6.07, 6.45) is 2.57. The lowest BCUT2D eigenvalue weighted by Gasteiger charge is -2.05. The van der Waals surface area contributed by atoms with E-state index in [1.165, 1.54) is 0 Å². The number of carbonyl (C=O) groups is 1. The second-order valence-electron chi connectivity index (χ2n) is 4.29. The largest absolute Gasteiger partial charge is 0.310 e. The van der Waals surface area contributed by atoms with Gasteiger partial charge in [0.05, 0.1) is 11.9 Å². The normalized spacial score (nSPS) is 10.5. The number of aryl methyl sites for hydroxylation is 1. The molecule has 0 saturated heterocycles. The molecule has 20 heavy (non-hydrogen) atoms. The second-order valence-corrected chi connectivity index (χ2v) is 5.71. The smallest absolute Gasteiger partial charge is 0.235 e. The van der Waals surface area contributed by atoms with E-state index >= 15 is 0 Å². The fourth-order valence-electron chi connectivity index (χ4n) is 1.71. The summed E-state index contributed by atoms with van der Waals surface area (Å²) in [7, 11) is 0. The molecule has 1 aromatic carbocycles. The van der Waals surface area contributed by atoms with Crippen LogP contribution in [0.5, 0.6) is 0 Å². The first-order valence-electron chi connectivity index (χ1n) is 6.33. The second kappa shape index (κ2) is 7.36. The highest BCUT2D eigenvalue weighted by Gasteiger charge is 2.07. The number of halogens is 1. The molecule has 0 unspecified atom stereocenters. The molecule has 0 bridgehead atoms. The van der Waals surface area contributed by atoms with Crippen LogP contribution in [0.15, 0.2) is 30.5 Å².